The Morgan fingerprint density at radius 2 is 2.00 bits per heavy atom. The number of amides is 1. The van der Waals surface area contributed by atoms with E-state index in [2.05, 4.69) is 19.9 Å². The van der Waals surface area contributed by atoms with Crippen LogP contribution in [0.15, 0.2) is 35.9 Å². The number of rotatable bonds is 2. The molecule has 0 radical (unpaired) electrons. The molecule has 1 aromatic carbocycles. The SMILES string of the molecule is CC(C)C1=CCCN(C(=O)Oc2ccc(Cl)cc2)C1. The van der Waals surface area contributed by atoms with Gasteiger partial charge in [0.15, 0.2) is 0 Å². The predicted octanol–water partition coefficient (Wildman–Crippen LogP) is 4.13. The number of carbonyl (C=O) groups is 1. The van der Waals surface area contributed by atoms with Crippen LogP contribution < -0.4 is 4.74 Å². The van der Waals surface area contributed by atoms with Gasteiger partial charge in [0.25, 0.3) is 0 Å². The van der Waals surface area contributed by atoms with Crippen LogP contribution in [0.25, 0.3) is 0 Å². The summed E-state index contributed by atoms with van der Waals surface area (Å²) < 4.78 is 5.34. The van der Waals surface area contributed by atoms with Crippen LogP contribution in [-0.2, 0) is 0 Å². The van der Waals surface area contributed by atoms with Gasteiger partial charge in [0, 0.05) is 18.1 Å². The minimum atomic E-state index is -0.298. The van der Waals surface area contributed by atoms with Crippen molar-refractivity contribution in [2.24, 2.45) is 5.92 Å². The van der Waals surface area contributed by atoms with Crippen molar-refractivity contribution < 1.29 is 9.53 Å². The molecule has 0 aromatic heterocycles. The van der Waals surface area contributed by atoms with E-state index in [0.717, 1.165) is 6.42 Å². The van der Waals surface area contributed by atoms with E-state index in [1.54, 1.807) is 29.2 Å². The van der Waals surface area contributed by atoms with Crippen LogP contribution in [0.2, 0.25) is 5.02 Å². The van der Waals surface area contributed by atoms with Gasteiger partial charge in [-0.05, 0) is 36.6 Å². The smallest absolute Gasteiger partial charge is 0.410 e. The summed E-state index contributed by atoms with van der Waals surface area (Å²) in [5.74, 6) is 0.987. The molecule has 1 aliphatic rings. The van der Waals surface area contributed by atoms with Crippen molar-refractivity contribution in [3.05, 3.63) is 40.9 Å². The zero-order valence-electron chi connectivity index (χ0n) is 11.2. The molecule has 102 valence electrons. The number of benzene rings is 1. The lowest BCUT2D eigenvalue weighted by atomic mass is 9.99. The monoisotopic (exact) mass is 279 g/mol. The second-order valence-electron chi connectivity index (χ2n) is 4.97. The molecule has 1 aromatic rings. The second-order valence-corrected chi connectivity index (χ2v) is 5.40. The van der Waals surface area contributed by atoms with E-state index in [0.29, 0.717) is 29.8 Å². The highest BCUT2D eigenvalue weighted by Gasteiger charge is 2.21. The molecule has 2 rings (SSSR count). The molecule has 19 heavy (non-hydrogen) atoms. The molecular weight excluding hydrogens is 262 g/mol. The third kappa shape index (κ3) is 3.74. The summed E-state index contributed by atoms with van der Waals surface area (Å²) in [5.41, 5.74) is 1.29. The lowest BCUT2D eigenvalue weighted by molar-refractivity contribution is 0.154. The van der Waals surface area contributed by atoms with Crippen molar-refractivity contribution in [1.29, 1.82) is 0 Å². The van der Waals surface area contributed by atoms with Crippen molar-refractivity contribution in [1.82, 2.24) is 4.90 Å². The van der Waals surface area contributed by atoms with Gasteiger partial charge >= 0.3 is 6.09 Å². The molecule has 4 heteroatoms. The lowest BCUT2D eigenvalue weighted by Crippen LogP contribution is -2.38. The molecule has 0 atom stereocenters. The second kappa shape index (κ2) is 6.11. The fourth-order valence-corrected chi connectivity index (χ4v) is 2.14. The number of ether oxygens (including phenoxy) is 1. The van der Waals surface area contributed by atoms with Gasteiger partial charge in [-0.15, -0.1) is 0 Å². The molecular formula is C15H18ClNO2. The van der Waals surface area contributed by atoms with Gasteiger partial charge in [-0.2, -0.15) is 0 Å². The summed E-state index contributed by atoms with van der Waals surface area (Å²) >= 11 is 5.79. The topological polar surface area (TPSA) is 29.5 Å². The Morgan fingerprint density at radius 1 is 1.32 bits per heavy atom. The van der Waals surface area contributed by atoms with E-state index in [1.807, 2.05) is 0 Å². The molecule has 0 saturated carbocycles. The molecule has 0 aliphatic carbocycles. The van der Waals surface area contributed by atoms with Crippen LogP contribution >= 0.6 is 11.6 Å². The van der Waals surface area contributed by atoms with E-state index >= 15 is 0 Å². The zero-order valence-corrected chi connectivity index (χ0v) is 12.0. The first-order valence-electron chi connectivity index (χ1n) is 6.47. The van der Waals surface area contributed by atoms with Crippen LogP contribution in [0.5, 0.6) is 5.75 Å². The van der Waals surface area contributed by atoms with Crippen molar-refractivity contribution >= 4 is 17.7 Å². The van der Waals surface area contributed by atoms with E-state index in [4.69, 9.17) is 16.3 Å². The molecule has 1 aliphatic heterocycles. The fraction of sp³-hybridized carbons (Fsp3) is 0.400. The quantitative estimate of drug-likeness (QED) is 0.762. The minimum Gasteiger partial charge on any atom is -0.410 e. The number of carbonyl (C=O) groups excluding carboxylic acids is 1. The molecule has 0 N–H and O–H groups in total. The Hall–Kier alpha value is -1.48. The van der Waals surface area contributed by atoms with Gasteiger partial charge in [0.05, 0.1) is 0 Å². The summed E-state index contributed by atoms with van der Waals surface area (Å²) in [6.45, 7) is 5.65. The fourth-order valence-electron chi connectivity index (χ4n) is 2.01. The van der Waals surface area contributed by atoms with Crippen LogP contribution in [-0.4, -0.2) is 24.1 Å². The third-order valence-corrected chi connectivity index (χ3v) is 3.45. The molecule has 0 fully saturated rings. The Balaban J connectivity index is 1.97. The number of nitrogens with zero attached hydrogens (tertiary/aromatic N) is 1. The predicted molar refractivity (Wildman–Crippen MR) is 76.6 cm³/mol. The zero-order chi connectivity index (χ0) is 13.8. The molecule has 1 amide bonds. The highest BCUT2D eigenvalue weighted by atomic mass is 35.5. The van der Waals surface area contributed by atoms with Gasteiger partial charge in [-0.25, -0.2) is 4.79 Å². The van der Waals surface area contributed by atoms with Crippen molar-refractivity contribution in [2.45, 2.75) is 20.3 Å². The maximum absolute atomic E-state index is 12.1. The molecule has 1 heterocycles. The maximum atomic E-state index is 12.1. The Kier molecular flexibility index (Phi) is 4.48. The van der Waals surface area contributed by atoms with E-state index in [-0.39, 0.29) is 6.09 Å². The van der Waals surface area contributed by atoms with Gasteiger partial charge < -0.3 is 9.64 Å². The summed E-state index contributed by atoms with van der Waals surface area (Å²) in [6, 6.07) is 6.81. The first-order chi connectivity index (χ1) is 9.06. The largest absolute Gasteiger partial charge is 0.415 e. The minimum absolute atomic E-state index is 0.298. The molecule has 0 bridgehead atoms. The average molecular weight is 280 g/mol. The summed E-state index contributed by atoms with van der Waals surface area (Å²) in [7, 11) is 0. The summed E-state index contributed by atoms with van der Waals surface area (Å²) in [6.07, 6.45) is 2.81. The molecule has 0 unspecified atom stereocenters. The lowest BCUT2D eigenvalue weighted by Gasteiger charge is -2.28. The molecule has 0 spiro atoms. The van der Waals surface area contributed by atoms with E-state index in [1.165, 1.54) is 5.57 Å². The van der Waals surface area contributed by atoms with Crippen molar-refractivity contribution in [3.8, 4) is 5.75 Å². The Bertz CT molecular complexity index is 479. The van der Waals surface area contributed by atoms with Crippen molar-refractivity contribution in [2.75, 3.05) is 13.1 Å². The van der Waals surface area contributed by atoms with Crippen molar-refractivity contribution in [3.63, 3.8) is 0 Å². The van der Waals surface area contributed by atoms with E-state index in [9.17, 15) is 4.79 Å². The van der Waals surface area contributed by atoms with Crippen LogP contribution in [0.1, 0.15) is 20.3 Å². The van der Waals surface area contributed by atoms with Crippen LogP contribution in [0, 0.1) is 5.92 Å². The first kappa shape index (κ1) is 13.9. The van der Waals surface area contributed by atoms with Crippen LogP contribution in [0.3, 0.4) is 0 Å². The highest BCUT2D eigenvalue weighted by Crippen LogP contribution is 2.20. The van der Waals surface area contributed by atoms with Gasteiger partial charge in [0.2, 0.25) is 0 Å². The van der Waals surface area contributed by atoms with Gasteiger partial charge in [-0.3, -0.25) is 0 Å². The molecule has 3 nitrogen and oxygen atoms in total. The number of halogens is 1. The average Bonchev–Trinajstić information content (AvgIpc) is 2.41. The summed E-state index contributed by atoms with van der Waals surface area (Å²) in [4.78, 5) is 13.8. The third-order valence-electron chi connectivity index (χ3n) is 3.20. The Labute approximate surface area is 118 Å². The highest BCUT2D eigenvalue weighted by molar-refractivity contribution is 6.30. The summed E-state index contributed by atoms with van der Waals surface area (Å²) in [5, 5.41) is 0.628. The number of hydrogen-bond donors (Lipinski definition) is 0. The Morgan fingerprint density at radius 3 is 2.63 bits per heavy atom. The standard InChI is InChI=1S/C15H18ClNO2/c1-11(2)12-4-3-9-17(10-12)15(18)19-14-7-5-13(16)6-8-14/h4-8,11H,3,9-10H2,1-2H3. The maximum Gasteiger partial charge on any atom is 0.415 e. The first-order valence-corrected chi connectivity index (χ1v) is 6.85. The molecule has 0 saturated heterocycles. The van der Waals surface area contributed by atoms with Gasteiger partial charge in [-0.1, -0.05) is 37.1 Å². The van der Waals surface area contributed by atoms with Gasteiger partial charge in [0.1, 0.15) is 5.75 Å². The normalized spacial score (nSPS) is 15.4. The van der Waals surface area contributed by atoms with E-state index < -0.39 is 0 Å². The van der Waals surface area contributed by atoms with Crippen LogP contribution in [0.4, 0.5) is 4.79 Å². The number of hydrogen-bond acceptors (Lipinski definition) is 2.